The van der Waals surface area contributed by atoms with Gasteiger partial charge in [-0.3, -0.25) is 0 Å². The fourth-order valence-corrected chi connectivity index (χ4v) is 5.74. The highest BCUT2D eigenvalue weighted by Crippen LogP contribution is 2.36. The Morgan fingerprint density at radius 2 is 1.97 bits per heavy atom. The first-order valence-electron chi connectivity index (χ1n) is 11.8. The van der Waals surface area contributed by atoms with Crippen LogP contribution in [0.4, 0.5) is 4.79 Å². The standard InChI is InChI=1S/C24H35N5O3/c1-16(2)17-5-7-18(8-6-17)28-12-9-19(10-13-28)29-22(15-32-24(25)30)21(14-27-31)20-4-3-11-26-23(20)29/h3-4,11,14,16-19,31H,5-10,12-13,15H2,1-2H3,(H2,25,30). The summed E-state index contributed by atoms with van der Waals surface area (Å²) < 4.78 is 7.33. The van der Waals surface area contributed by atoms with Crippen LogP contribution in [-0.2, 0) is 11.3 Å². The van der Waals surface area contributed by atoms with Gasteiger partial charge in [0, 0.05) is 42.3 Å². The third-order valence-corrected chi connectivity index (χ3v) is 7.51. The molecule has 2 fully saturated rings. The lowest BCUT2D eigenvalue weighted by molar-refractivity contribution is 0.0875. The van der Waals surface area contributed by atoms with Gasteiger partial charge in [-0.25, -0.2) is 9.78 Å². The molecule has 0 aromatic carbocycles. The van der Waals surface area contributed by atoms with Crippen LogP contribution in [0.2, 0.25) is 0 Å². The number of carbonyl (C=O) groups excluding carboxylic acids is 1. The largest absolute Gasteiger partial charge is 0.443 e. The zero-order chi connectivity index (χ0) is 22.7. The Kier molecular flexibility index (Phi) is 6.98. The number of oxime groups is 1. The molecule has 0 radical (unpaired) electrons. The van der Waals surface area contributed by atoms with Crippen LogP contribution < -0.4 is 5.73 Å². The van der Waals surface area contributed by atoms with E-state index in [4.69, 9.17) is 10.5 Å². The van der Waals surface area contributed by atoms with Crippen molar-refractivity contribution in [1.82, 2.24) is 14.5 Å². The number of likely N-dealkylation sites (tertiary alicyclic amines) is 1. The monoisotopic (exact) mass is 441 g/mol. The van der Waals surface area contributed by atoms with Gasteiger partial charge in [-0.2, -0.15) is 0 Å². The fraction of sp³-hybridized carbons (Fsp3) is 0.625. The molecular weight excluding hydrogens is 406 g/mol. The second kappa shape index (κ2) is 9.90. The van der Waals surface area contributed by atoms with Gasteiger partial charge in [-0.15, -0.1) is 0 Å². The van der Waals surface area contributed by atoms with Gasteiger partial charge in [-0.1, -0.05) is 19.0 Å². The summed E-state index contributed by atoms with van der Waals surface area (Å²) in [6.45, 7) is 6.82. The average Bonchev–Trinajstić information content (AvgIpc) is 3.11. The van der Waals surface area contributed by atoms with E-state index in [2.05, 4.69) is 33.5 Å². The lowest BCUT2D eigenvalue weighted by atomic mass is 9.79. The maximum atomic E-state index is 11.3. The van der Waals surface area contributed by atoms with Crippen LogP contribution in [0.15, 0.2) is 23.5 Å². The van der Waals surface area contributed by atoms with Crippen molar-refractivity contribution in [2.24, 2.45) is 22.7 Å². The summed E-state index contributed by atoms with van der Waals surface area (Å²) in [6.07, 6.45) is 9.62. The maximum Gasteiger partial charge on any atom is 0.404 e. The van der Waals surface area contributed by atoms with Gasteiger partial charge in [0.05, 0.1) is 11.9 Å². The molecule has 0 atom stereocenters. The van der Waals surface area contributed by atoms with Crippen molar-refractivity contribution in [3.05, 3.63) is 29.6 Å². The number of carbonyl (C=O) groups is 1. The second-order valence-corrected chi connectivity index (χ2v) is 9.54. The lowest BCUT2D eigenvalue weighted by Crippen LogP contribution is -2.44. The molecule has 2 aromatic heterocycles. The molecule has 3 heterocycles. The van der Waals surface area contributed by atoms with Gasteiger partial charge in [0.1, 0.15) is 12.3 Å². The number of nitrogens with two attached hydrogens (primary N) is 1. The van der Waals surface area contributed by atoms with Crippen LogP contribution in [0.25, 0.3) is 11.0 Å². The van der Waals surface area contributed by atoms with Crippen molar-refractivity contribution in [2.75, 3.05) is 13.1 Å². The van der Waals surface area contributed by atoms with E-state index in [0.29, 0.717) is 11.6 Å². The molecule has 1 aliphatic carbocycles. The van der Waals surface area contributed by atoms with E-state index in [1.165, 1.54) is 31.9 Å². The Labute approximate surface area is 189 Å². The van der Waals surface area contributed by atoms with Crippen molar-refractivity contribution in [3.63, 3.8) is 0 Å². The summed E-state index contributed by atoms with van der Waals surface area (Å²) in [5.41, 5.74) is 7.54. The molecule has 2 aromatic rings. The van der Waals surface area contributed by atoms with Gasteiger partial charge in [0.25, 0.3) is 0 Å². The molecule has 3 N–H and O–H groups in total. The minimum Gasteiger partial charge on any atom is -0.443 e. The topological polar surface area (TPSA) is 106 Å². The highest BCUT2D eigenvalue weighted by atomic mass is 16.5. The number of primary amides is 1. The summed E-state index contributed by atoms with van der Waals surface area (Å²) in [4.78, 5) is 18.6. The van der Waals surface area contributed by atoms with Gasteiger partial charge in [0.15, 0.2) is 0 Å². The first-order chi connectivity index (χ1) is 15.5. The Morgan fingerprint density at radius 1 is 1.25 bits per heavy atom. The van der Waals surface area contributed by atoms with E-state index in [0.717, 1.165) is 54.5 Å². The van der Waals surface area contributed by atoms with Crippen molar-refractivity contribution in [1.29, 1.82) is 0 Å². The molecule has 2 aliphatic rings. The average molecular weight is 442 g/mol. The van der Waals surface area contributed by atoms with Crippen LogP contribution in [0.3, 0.4) is 0 Å². The van der Waals surface area contributed by atoms with Crippen molar-refractivity contribution in [3.8, 4) is 0 Å². The molecule has 1 aliphatic heterocycles. The Balaban J connectivity index is 1.54. The smallest absolute Gasteiger partial charge is 0.404 e. The molecular formula is C24H35N5O3. The van der Waals surface area contributed by atoms with Crippen molar-refractivity contribution >= 4 is 23.3 Å². The Hall–Kier alpha value is -2.61. The zero-order valence-corrected chi connectivity index (χ0v) is 19.1. The van der Waals surface area contributed by atoms with E-state index in [9.17, 15) is 10.0 Å². The number of hydrogen-bond donors (Lipinski definition) is 2. The van der Waals surface area contributed by atoms with Crippen LogP contribution in [0, 0.1) is 11.8 Å². The van der Waals surface area contributed by atoms with E-state index < -0.39 is 6.09 Å². The number of piperidine rings is 1. The molecule has 32 heavy (non-hydrogen) atoms. The number of ether oxygens (including phenoxy) is 1. The fourth-order valence-electron chi connectivity index (χ4n) is 5.74. The summed E-state index contributed by atoms with van der Waals surface area (Å²) in [7, 11) is 0. The molecule has 8 nitrogen and oxygen atoms in total. The van der Waals surface area contributed by atoms with Crippen LogP contribution in [0.5, 0.6) is 0 Å². The first kappa shape index (κ1) is 22.6. The minimum atomic E-state index is -0.825. The second-order valence-electron chi connectivity index (χ2n) is 9.54. The highest BCUT2D eigenvalue weighted by Gasteiger charge is 2.32. The molecule has 174 valence electrons. The molecule has 1 amide bonds. The molecule has 8 heteroatoms. The normalized spacial score (nSPS) is 23.3. The molecule has 0 unspecified atom stereocenters. The van der Waals surface area contributed by atoms with Gasteiger partial charge < -0.3 is 25.1 Å². The highest BCUT2D eigenvalue weighted by molar-refractivity contribution is 5.99. The summed E-state index contributed by atoms with van der Waals surface area (Å²) in [5, 5.41) is 13.4. The lowest BCUT2D eigenvalue weighted by Gasteiger charge is -2.42. The molecule has 0 spiro atoms. The number of aromatic nitrogens is 2. The summed E-state index contributed by atoms with van der Waals surface area (Å²) in [5.74, 6) is 1.66. The van der Waals surface area contributed by atoms with E-state index >= 15 is 0 Å². The van der Waals surface area contributed by atoms with E-state index in [1.54, 1.807) is 6.20 Å². The maximum absolute atomic E-state index is 11.3. The van der Waals surface area contributed by atoms with Crippen LogP contribution >= 0.6 is 0 Å². The quantitative estimate of drug-likeness (QED) is 0.395. The van der Waals surface area contributed by atoms with Gasteiger partial charge >= 0.3 is 6.09 Å². The number of nitrogens with zero attached hydrogens (tertiary/aromatic N) is 4. The molecule has 4 rings (SSSR count). The predicted molar refractivity (Wildman–Crippen MR) is 124 cm³/mol. The number of pyridine rings is 1. The van der Waals surface area contributed by atoms with E-state index in [1.807, 2.05) is 12.1 Å². The molecule has 0 bridgehead atoms. The third-order valence-electron chi connectivity index (χ3n) is 7.51. The number of hydrogen-bond acceptors (Lipinski definition) is 6. The molecule has 1 saturated carbocycles. The summed E-state index contributed by atoms with van der Waals surface area (Å²) in [6, 6.07) is 4.74. The van der Waals surface area contributed by atoms with Crippen LogP contribution in [0.1, 0.15) is 69.7 Å². The van der Waals surface area contributed by atoms with Crippen LogP contribution in [-0.4, -0.2) is 51.1 Å². The zero-order valence-electron chi connectivity index (χ0n) is 19.1. The Morgan fingerprint density at radius 3 is 2.59 bits per heavy atom. The van der Waals surface area contributed by atoms with Gasteiger partial charge in [0.2, 0.25) is 0 Å². The number of amides is 1. The number of fused-ring (bicyclic) bond motifs is 1. The SMILES string of the molecule is CC(C)C1CCC(N2CCC(n3c(COC(N)=O)c(C=NO)c4cccnc43)CC2)CC1. The minimum absolute atomic E-state index is 0.0203. The van der Waals surface area contributed by atoms with Crippen molar-refractivity contribution in [2.45, 2.75) is 71.1 Å². The molecule has 1 saturated heterocycles. The third kappa shape index (κ3) is 4.60. The predicted octanol–water partition coefficient (Wildman–Crippen LogP) is 4.29. The Bertz CT molecular complexity index is 954. The summed E-state index contributed by atoms with van der Waals surface area (Å²) >= 11 is 0. The van der Waals surface area contributed by atoms with Crippen molar-refractivity contribution < 1.29 is 14.7 Å². The number of rotatable bonds is 6. The van der Waals surface area contributed by atoms with E-state index in [-0.39, 0.29) is 12.6 Å². The van der Waals surface area contributed by atoms with Gasteiger partial charge in [-0.05, 0) is 62.5 Å². The first-order valence-corrected chi connectivity index (χ1v) is 11.8.